The first-order chi connectivity index (χ1) is 11.3. The van der Waals surface area contributed by atoms with Crippen molar-refractivity contribution in [2.45, 2.75) is 37.6 Å². The highest BCUT2D eigenvalue weighted by molar-refractivity contribution is 5.14. The Hall–Kier alpha value is -1.92. The summed E-state index contributed by atoms with van der Waals surface area (Å²) in [5.74, 6) is -0.365. The molecule has 4 rings (SSSR count). The Morgan fingerprint density at radius 2 is 2.30 bits per heavy atom. The number of morpholine rings is 1. The predicted octanol–water partition coefficient (Wildman–Crippen LogP) is 2.62. The molecular weight excluding hydrogens is 299 g/mol. The van der Waals surface area contributed by atoms with Gasteiger partial charge in [-0.2, -0.15) is 0 Å². The van der Waals surface area contributed by atoms with Gasteiger partial charge in [0.15, 0.2) is 5.82 Å². The van der Waals surface area contributed by atoms with E-state index >= 15 is 0 Å². The Kier molecular flexibility index (Phi) is 4.01. The number of ether oxygens (including phenoxy) is 2. The molecule has 0 aromatic carbocycles. The fourth-order valence-electron chi connectivity index (χ4n) is 3.53. The molecule has 2 fully saturated rings. The van der Waals surface area contributed by atoms with Crippen LogP contribution < -0.4 is 4.74 Å². The van der Waals surface area contributed by atoms with Gasteiger partial charge in [-0.15, -0.1) is 0 Å². The Morgan fingerprint density at radius 3 is 3.13 bits per heavy atom. The zero-order valence-corrected chi connectivity index (χ0v) is 12.7. The molecule has 0 spiro atoms. The predicted molar refractivity (Wildman–Crippen MR) is 80.5 cm³/mol. The Labute approximate surface area is 134 Å². The zero-order valence-electron chi connectivity index (χ0n) is 12.7. The maximum absolute atomic E-state index is 13.7. The zero-order chi connectivity index (χ0) is 15.6. The molecule has 1 aliphatic carbocycles. The molecule has 2 aromatic rings. The summed E-state index contributed by atoms with van der Waals surface area (Å²) in [6.07, 6.45) is 6.62. The van der Waals surface area contributed by atoms with E-state index in [-0.39, 0.29) is 24.1 Å². The van der Waals surface area contributed by atoms with Crippen LogP contribution in [0.2, 0.25) is 0 Å². The van der Waals surface area contributed by atoms with Crippen molar-refractivity contribution in [1.29, 1.82) is 0 Å². The molecule has 0 radical (unpaired) electrons. The number of nitrogens with zero attached hydrogens (tertiary/aromatic N) is 2. The van der Waals surface area contributed by atoms with Crippen LogP contribution in [-0.4, -0.2) is 41.3 Å². The molecule has 0 bridgehead atoms. The number of halogens is 1. The van der Waals surface area contributed by atoms with Crippen molar-refractivity contribution in [3.8, 4) is 5.88 Å². The van der Waals surface area contributed by atoms with Gasteiger partial charge in [0.05, 0.1) is 19.1 Å². The normalized spacial score (nSPS) is 27.8. The average Bonchev–Trinajstić information content (AvgIpc) is 3.20. The van der Waals surface area contributed by atoms with Crippen LogP contribution in [0.1, 0.15) is 18.4 Å². The third-order valence-electron chi connectivity index (χ3n) is 4.60. The van der Waals surface area contributed by atoms with Crippen LogP contribution in [0.25, 0.3) is 0 Å². The number of aromatic nitrogens is 1. The van der Waals surface area contributed by atoms with Crippen molar-refractivity contribution < 1.29 is 18.3 Å². The third-order valence-corrected chi connectivity index (χ3v) is 4.60. The Bertz CT molecular complexity index is 649. The lowest BCUT2D eigenvalue weighted by atomic mass is 10.1. The first-order valence-electron chi connectivity index (χ1n) is 7.95. The fourth-order valence-corrected chi connectivity index (χ4v) is 3.53. The first-order valence-corrected chi connectivity index (χ1v) is 7.95. The second-order valence-corrected chi connectivity index (χ2v) is 6.03. The minimum atomic E-state index is -0.429. The summed E-state index contributed by atoms with van der Waals surface area (Å²) in [5, 5.41) is 0. The lowest BCUT2D eigenvalue weighted by Crippen LogP contribution is -2.51. The van der Waals surface area contributed by atoms with Gasteiger partial charge in [0, 0.05) is 30.9 Å². The quantitative estimate of drug-likeness (QED) is 0.867. The monoisotopic (exact) mass is 318 g/mol. The van der Waals surface area contributed by atoms with Crippen molar-refractivity contribution in [1.82, 2.24) is 9.88 Å². The number of hydrogen-bond donors (Lipinski definition) is 0. The number of rotatable bonds is 4. The van der Waals surface area contributed by atoms with Crippen LogP contribution in [-0.2, 0) is 11.3 Å². The van der Waals surface area contributed by atoms with Gasteiger partial charge >= 0.3 is 0 Å². The molecule has 1 aliphatic heterocycles. The highest BCUT2D eigenvalue weighted by Crippen LogP contribution is 2.33. The summed E-state index contributed by atoms with van der Waals surface area (Å²) in [6.45, 7) is 2.38. The summed E-state index contributed by atoms with van der Waals surface area (Å²) >= 11 is 0. The standard InChI is InChI=1S/C17H19FN2O3/c18-13-2-1-6-19-17(13)23-15-4-3-14-16(15)22-9-7-20(14)10-12-5-8-21-11-12/h1-2,5-6,8,11,14-16H,3-4,7,9-10H2/t14-,15+,16+/m0/s1. The van der Waals surface area contributed by atoms with Gasteiger partial charge < -0.3 is 13.9 Å². The van der Waals surface area contributed by atoms with E-state index in [0.29, 0.717) is 6.61 Å². The Morgan fingerprint density at radius 1 is 1.35 bits per heavy atom. The van der Waals surface area contributed by atoms with Crippen LogP contribution in [0.4, 0.5) is 4.39 Å². The Balaban J connectivity index is 1.46. The molecule has 0 amide bonds. The van der Waals surface area contributed by atoms with E-state index in [4.69, 9.17) is 13.9 Å². The van der Waals surface area contributed by atoms with E-state index in [9.17, 15) is 4.39 Å². The van der Waals surface area contributed by atoms with E-state index in [2.05, 4.69) is 9.88 Å². The summed E-state index contributed by atoms with van der Waals surface area (Å²) in [4.78, 5) is 6.38. The van der Waals surface area contributed by atoms with Gasteiger partial charge in [-0.25, -0.2) is 9.37 Å². The second kappa shape index (κ2) is 6.29. The summed E-state index contributed by atoms with van der Waals surface area (Å²) in [7, 11) is 0. The second-order valence-electron chi connectivity index (χ2n) is 6.03. The third kappa shape index (κ3) is 2.96. The molecule has 2 aromatic heterocycles. The largest absolute Gasteiger partial charge is 0.472 e. The molecule has 0 N–H and O–H groups in total. The molecule has 2 aliphatic rings. The summed E-state index contributed by atoms with van der Waals surface area (Å²) < 4.78 is 30.6. The molecule has 23 heavy (non-hydrogen) atoms. The van der Waals surface area contributed by atoms with Crippen LogP contribution in [0, 0.1) is 5.82 Å². The SMILES string of the molecule is Fc1cccnc1O[C@@H]1CC[C@H]2[C@H]1OCCN2Cc1ccoc1. The van der Waals surface area contributed by atoms with E-state index in [0.717, 1.165) is 31.5 Å². The van der Waals surface area contributed by atoms with E-state index in [1.807, 2.05) is 6.07 Å². The number of pyridine rings is 1. The number of hydrogen-bond acceptors (Lipinski definition) is 5. The molecule has 0 unspecified atom stereocenters. The molecule has 6 heteroatoms. The van der Waals surface area contributed by atoms with Crippen LogP contribution in [0.5, 0.6) is 5.88 Å². The van der Waals surface area contributed by atoms with Crippen LogP contribution >= 0.6 is 0 Å². The maximum Gasteiger partial charge on any atom is 0.250 e. The smallest absolute Gasteiger partial charge is 0.250 e. The van der Waals surface area contributed by atoms with E-state index in [1.54, 1.807) is 18.6 Å². The molecule has 122 valence electrons. The molecular formula is C17H19FN2O3. The minimum Gasteiger partial charge on any atom is -0.472 e. The average molecular weight is 318 g/mol. The van der Waals surface area contributed by atoms with Gasteiger partial charge in [-0.05, 0) is 31.0 Å². The van der Waals surface area contributed by atoms with Crippen molar-refractivity contribution in [2.75, 3.05) is 13.2 Å². The van der Waals surface area contributed by atoms with Crippen molar-refractivity contribution in [3.05, 3.63) is 48.3 Å². The van der Waals surface area contributed by atoms with Gasteiger partial charge in [-0.3, -0.25) is 4.90 Å². The van der Waals surface area contributed by atoms with Crippen molar-refractivity contribution >= 4 is 0 Å². The molecule has 3 heterocycles. The van der Waals surface area contributed by atoms with E-state index < -0.39 is 5.82 Å². The highest BCUT2D eigenvalue weighted by Gasteiger charge is 2.44. The van der Waals surface area contributed by atoms with Crippen molar-refractivity contribution in [3.63, 3.8) is 0 Å². The van der Waals surface area contributed by atoms with Gasteiger partial charge in [0.25, 0.3) is 5.88 Å². The minimum absolute atomic E-state index is 0.0444. The fraction of sp³-hybridized carbons (Fsp3) is 0.471. The van der Waals surface area contributed by atoms with Gasteiger partial charge in [-0.1, -0.05) is 0 Å². The van der Waals surface area contributed by atoms with Crippen LogP contribution in [0.15, 0.2) is 41.3 Å². The molecule has 5 nitrogen and oxygen atoms in total. The maximum atomic E-state index is 13.7. The number of fused-ring (bicyclic) bond motifs is 1. The first kappa shape index (κ1) is 14.7. The van der Waals surface area contributed by atoms with Crippen molar-refractivity contribution in [2.24, 2.45) is 0 Å². The summed E-state index contributed by atoms with van der Waals surface area (Å²) in [5.41, 5.74) is 1.16. The topological polar surface area (TPSA) is 47.7 Å². The van der Waals surface area contributed by atoms with E-state index in [1.165, 1.54) is 12.3 Å². The van der Waals surface area contributed by atoms with Gasteiger partial charge in [0.2, 0.25) is 0 Å². The summed E-state index contributed by atoms with van der Waals surface area (Å²) in [6, 6.07) is 5.19. The molecule has 3 atom stereocenters. The number of furan rings is 1. The molecule has 1 saturated heterocycles. The highest BCUT2D eigenvalue weighted by atomic mass is 19.1. The molecule has 1 saturated carbocycles. The lowest BCUT2D eigenvalue weighted by molar-refractivity contribution is -0.0927. The van der Waals surface area contributed by atoms with Gasteiger partial charge in [0.1, 0.15) is 12.2 Å². The lowest BCUT2D eigenvalue weighted by Gasteiger charge is -2.38. The van der Waals surface area contributed by atoms with Crippen LogP contribution in [0.3, 0.4) is 0 Å².